The smallest absolute Gasteiger partial charge is 0.872 e. The normalized spacial score (nSPS) is 11.4. The molecule has 6 nitrogen and oxygen atoms in total. The van der Waals surface area contributed by atoms with Crippen LogP contribution in [0.25, 0.3) is 33.4 Å². The maximum atomic E-state index is 11.8. The van der Waals surface area contributed by atoms with Gasteiger partial charge in [-0.25, -0.2) is 11.6 Å². The molecule has 0 aromatic heterocycles. The molecule has 1 aliphatic carbocycles. The van der Waals surface area contributed by atoms with E-state index in [1.807, 2.05) is 133 Å². The minimum Gasteiger partial charge on any atom is -0.872 e. The summed E-state index contributed by atoms with van der Waals surface area (Å²) < 4.78 is 0. The van der Waals surface area contributed by atoms with E-state index in [4.69, 9.17) is 0 Å². The van der Waals surface area contributed by atoms with Gasteiger partial charge >= 0.3 is 21.7 Å². The second-order valence-corrected chi connectivity index (χ2v) is 15.6. The average molecular weight is 848 g/mol. The molecule has 0 saturated heterocycles. The van der Waals surface area contributed by atoms with Gasteiger partial charge in [-0.1, -0.05) is 172 Å². The van der Waals surface area contributed by atoms with Crippen LogP contribution in [-0.2, 0) is 41.4 Å². The number of allylic oxidation sites excluding steroid dienone is 4. The topological polar surface area (TPSA) is 78.9 Å². The van der Waals surface area contributed by atoms with Crippen molar-refractivity contribution in [2.75, 3.05) is 42.3 Å². The molecule has 0 atom stereocenters. The van der Waals surface area contributed by atoms with Crippen molar-refractivity contribution in [3.63, 3.8) is 0 Å². The summed E-state index contributed by atoms with van der Waals surface area (Å²) in [6, 6.07) is 45.7. The molecule has 7 rings (SSSR count). The molecule has 0 saturated carbocycles. The molecule has 6 aromatic carbocycles. The Hall–Kier alpha value is -5.21. The second kappa shape index (κ2) is 26.9. The Labute approximate surface area is 381 Å². The monoisotopic (exact) mass is 847 g/mol. The van der Waals surface area contributed by atoms with E-state index in [0.717, 1.165) is 59.4 Å². The molecular weight excluding hydrogens is 786 g/mol. The summed E-state index contributed by atoms with van der Waals surface area (Å²) in [5.41, 5.74) is 10.4. The Morgan fingerprint density at radius 2 is 0.738 bits per heavy atom. The predicted octanol–water partition coefficient (Wildman–Crippen LogP) is 10.3. The standard InChI is InChI=1S/3C15H17NO.C9H13.Ti/c3*1-16(2)11-12-7-3-4-8-13(12)14-9-5-6-10-15(14)17;1-2-3-6-9-7-4-5-8-9;/h3*3-10,17H,11H2,1-2H3;4,7H,2-3,5-6H2,1H3;/q;;;-1;+4/p-3. The fraction of sp³-hybridized carbons (Fsp3) is 0.259. The van der Waals surface area contributed by atoms with Crippen molar-refractivity contribution >= 4 is 0 Å². The summed E-state index contributed by atoms with van der Waals surface area (Å²) >= 11 is 0. The van der Waals surface area contributed by atoms with Crippen LogP contribution in [0.4, 0.5) is 0 Å². The molecule has 7 heteroatoms. The van der Waals surface area contributed by atoms with Crippen molar-refractivity contribution in [1.82, 2.24) is 14.7 Å². The van der Waals surface area contributed by atoms with Crippen molar-refractivity contribution in [2.45, 2.75) is 52.2 Å². The molecule has 0 unspecified atom stereocenters. The van der Waals surface area contributed by atoms with Gasteiger partial charge in [-0.05, 0) is 92.4 Å². The van der Waals surface area contributed by atoms with Gasteiger partial charge in [0.25, 0.3) is 0 Å². The van der Waals surface area contributed by atoms with Crippen molar-refractivity contribution in [1.29, 1.82) is 0 Å². The molecule has 0 amide bonds. The zero-order chi connectivity index (χ0) is 43.3. The molecule has 0 spiro atoms. The van der Waals surface area contributed by atoms with Gasteiger partial charge in [0.05, 0.1) is 0 Å². The Morgan fingerprint density at radius 1 is 0.443 bits per heavy atom. The van der Waals surface area contributed by atoms with Gasteiger partial charge in [-0.2, -0.15) is 6.08 Å². The minimum atomic E-state index is 0. The Morgan fingerprint density at radius 3 is 1.00 bits per heavy atom. The Balaban J connectivity index is 0.000000221. The largest absolute Gasteiger partial charge is 4.00 e. The summed E-state index contributed by atoms with van der Waals surface area (Å²) in [7, 11) is 12.2. The molecule has 314 valence electrons. The number of rotatable bonds is 12. The van der Waals surface area contributed by atoms with Gasteiger partial charge in [-0.3, -0.25) is 6.08 Å². The van der Waals surface area contributed by atoms with Crippen LogP contribution in [0.2, 0.25) is 0 Å². The third-order valence-electron chi connectivity index (χ3n) is 9.61. The first-order valence-corrected chi connectivity index (χ1v) is 20.7. The minimum absolute atomic E-state index is 0. The van der Waals surface area contributed by atoms with Gasteiger partial charge in [0.2, 0.25) is 0 Å². The number of para-hydroxylation sites is 3. The fourth-order valence-corrected chi connectivity index (χ4v) is 6.84. The van der Waals surface area contributed by atoms with E-state index >= 15 is 0 Å². The van der Waals surface area contributed by atoms with Crippen LogP contribution in [0, 0.1) is 6.08 Å². The summed E-state index contributed by atoms with van der Waals surface area (Å²) in [5.74, 6) is 0.246. The first kappa shape index (κ1) is 50.2. The van der Waals surface area contributed by atoms with E-state index in [-0.39, 0.29) is 39.0 Å². The quantitative estimate of drug-likeness (QED) is 0.0902. The average Bonchev–Trinajstić information content (AvgIpc) is 3.76. The van der Waals surface area contributed by atoms with Gasteiger partial charge in [-0.15, -0.1) is 23.7 Å². The van der Waals surface area contributed by atoms with Crippen LogP contribution in [0.3, 0.4) is 0 Å². The molecule has 0 fully saturated rings. The molecule has 0 bridgehead atoms. The maximum absolute atomic E-state index is 11.8. The number of benzene rings is 6. The van der Waals surface area contributed by atoms with Crippen molar-refractivity contribution in [3.8, 4) is 50.6 Å². The molecule has 0 heterocycles. The molecule has 0 aliphatic heterocycles. The first-order valence-electron chi connectivity index (χ1n) is 20.7. The maximum Gasteiger partial charge on any atom is 4.00 e. The number of hydrogen-bond donors (Lipinski definition) is 0. The molecule has 61 heavy (non-hydrogen) atoms. The zero-order valence-corrected chi connectivity index (χ0v) is 38.6. The summed E-state index contributed by atoms with van der Waals surface area (Å²) in [4.78, 5) is 6.31. The third kappa shape index (κ3) is 16.6. The van der Waals surface area contributed by atoms with Crippen LogP contribution in [-0.4, -0.2) is 57.0 Å². The number of unbranched alkanes of at least 4 members (excludes halogenated alkanes) is 1. The second-order valence-electron chi connectivity index (χ2n) is 15.6. The van der Waals surface area contributed by atoms with E-state index in [9.17, 15) is 15.3 Å². The van der Waals surface area contributed by atoms with E-state index < -0.39 is 0 Å². The molecule has 1 aliphatic rings. The van der Waals surface area contributed by atoms with Gasteiger partial charge < -0.3 is 30.0 Å². The fourth-order valence-electron chi connectivity index (χ4n) is 6.84. The molecule has 0 radical (unpaired) electrons. The molecule has 6 aromatic rings. The van der Waals surface area contributed by atoms with Crippen molar-refractivity contribution in [3.05, 3.63) is 186 Å². The van der Waals surface area contributed by atoms with Crippen LogP contribution >= 0.6 is 0 Å². The Kier molecular flexibility index (Phi) is 22.1. The van der Waals surface area contributed by atoms with Crippen LogP contribution in [0.5, 0.6) is 17.2 Å². The first-order chi connectivity index (χ1) is 29.0. The molecular formula is C54H61N3O3Ti. The van der Waals surface area contributed by atoms with E-state index in [2.05, 4.69) is 58.1 Å². The van der Waals surface area contributed by atoms with Gasteiger partial charge in [0, 0.05) is 19.6 Å². The predicted molar refractivity (Wildman–Crippen MR) is 246 cm³/mol. The summed E-state index contributed by atoms with van der Waals surface area (Å²) in [6.45, 7) is 4.73. The molecule has 0 N–H and O–H groups in total. The number of nitrogens with zero attached hydrogens (tertiary/aromatic N) is 3. The summed E-state index contributed by atoms with van der Waals surface area (Å²) in [6.07, 6.45) is 12.5. The van der Waals surface area contributed by atoms with Crippen molar-refractivity contribution < 1.29 is 37.0 Å². The van der Waals surface area contributed by atoms with Crippen LogP contribution < -0.4 is 15.3 Å². The van der Waals surface area contributed by atoms with Crippen LogP contribution in [0.1, 0.15) is 49.3 Å². The third-order valence-corrected chi connectivity index (χ3v) is 9.61. The van der Waals surface area contributed by atoms with Gasteiger partial charge in [0.15, 0.2) is 0 Å². The van der Waals surface area contributed by atoms with E-state index in [0.29, 0.717) is 0 Å². The van der Waals surface area contributed by atoms with E-state index in [1.54, 1.807) is 36.4 Å². The Bertz CT molecular complexity index is 2040. The van der Waals surface area contributed by atoms with E-state index in [1.165, 1.54) is 41.5 Å². The summed E-state index contributed by atoms with van der Waals surface area (Å²) in [5, 5.41) is 35.5. The van der Waals surface area contributed by atoms with Crippen LogP contribution in [0.15, 0.2) is 163 Å². The van der Waals surface area contributed by atoms with Gasteiger partial charge in [0.1, 0.15) is 0 Å². The van der Waals surface area contributed by atoms with Crippen molar-refractivity contribution in [2.24, 2.45) is 0 Å². The zero-order valence-electron chi connectivity index (χ0n) is 37.0. The SMILES string of the molecule is CCCCC1=[C-]CC=C1.CN(C)Cc1ccccc1-c1ccccc1[O-].CN(C)Cc1ccccc1-c1ccccc1[O-].CN(C)Cc1ccccc1-c1ccccc1[O-].[Ti+4]. The number of hydrogen-bond acceptors (Lipinski definition) is 6.